The lowest BCUT2D eigenvalue weighted by Crippen LogP contribution is -2.00. The molecule has 0 rings (SSSR count). The van der Waals surface area contributed by atoms with Crippen LogP contribution < -0.4 is 0 Å². The molecule has 0 saturated heterocycles. The number of phosphoric ester groups is 1. The van der Waals surface area contributed by atoms with Gasteiger partial charge in [0, 0.05) is 0 Å². The van der Waals surface area contributed by atoms with Crippen LogP contribution in [-0.2, 0) is 18.7 Å². The zero-order chi connectivity index (χ0) is 22.2. The van der Waals surface area contributed by atoms with Crippen molar-refractivity contribution in [3.05, 3.63) is 0 Å². The molecule has 0 amide bonds. The Morgan fingerprint density at radius 2 is 0.867 bits per heavy atom. The molecule has 0 aromatic carbocycles. The quantitative estimate of drug-likeness (QED) is 0.0651. The van der Waals surface area contributed by atoms with Gasteiger partial charge in [0.05, 0.1) is 13.2 Å². The van der Waals surface area contributed by atoms with Crippen molar-refractivity contribution >= 4 is 7.82 Å². The van der Waals surface area contributed by atoms with Gasteiger partial charge in [-0.2, -0.15) is 0 Å². The van der Waals surface area contributed by atoms with Crippen molar-refractivity contribution in [3.63, 3.8) is 0 Å². The van der Waals surface area contributed by atoms with Crippen LogP contribution in [0.25, 0.3) is 0 Å². The van der Waals surface area contributed by atoms with Gasteiger partial charge in [-0.3, -0.25) is 4.52 Å². The lowest BCUT2D eigenvalue weighted by molar-refractivity contribution is -0.225. The van der Waals surface area contributed by atoms with Gasteiger partial charge in [-0.05, 0) is 12.8 Å². The maximum atomic E-state index is 11.6. The summed E-state index contributed by atoms with van der Waals surface area (Å²) in [5.41, 5.74) is 0. The molecule has 30 heavy (non-hydrogen) atoms. The van der Waals surface area contributed by atoms with Gasteiger partial charge in [0.2, 0.25) is 0 Å². The third-order valence-electron chi connectivity index (χ3n) is 5.48. The van der Waals surface area contributed by atoms with E-state index in [4.69, 9.17) is 9.41 Å². The standard InChI is InChI=1S/C24H51O5P/c1-3-5-7-9-10-11-12-13-14-15-16-17-18-19-20-21-23-27-29-30(25,26)28-24-22-8-6-4-2/h3-24H2,1-2H3,(H,25,26). The third kappa shape index (κ3) is 24.3. The van der Waals surface area contributed by atoms with Crippen molar-refractivity contribution in [3.8, 4) is 0 Å². The summed E-state index contributed by atoms with van der Waals surface area (Å²) >= 11 is 0. The molecule has 0 aliphatic heterocycles. The second kappa shape index (κ2) is 23.7. The van der Waals surface area contributed by atoms with Crippen LogP contribution in [0.1, 0.15) is 142 Å². The van der Waals surface area contributed by atoms with Crippen molar-refractivity contribution in [2.24, 2.45) is 0 Å². The first-order valence-corrected chi connectivity index (χ1v) is 14.4. The van der Waals surface area contributed by atoms with Crippen molar-refractivity contribution < 1.29 is 23.5 Å². The van der Waals surface area contributed by atoms with Gasteiger partial charge in [0.1, 0.15) is 0 Å². The monoisotopic (exact) mass is 450 g/mol. The normalized spacial score (nSPS) is 13.6. The van der Waals surface area contributed by atoms with Gasteiger partial charge >= 0.3 is 7.82 Å². The average Bonchev–Trinajstić information content (AvgIpc) is 2.72. The molecule has 0 bridgehead atoms. The average molecular weight is 451 g/mol. The van der Waals surface area contributed by atoms with Crippen LogP contribution >= 0.6 is 7.82 Å². The molecule has 1 unspecified atom stereocenters. The fraction of sp³-hybridized carbons (Fsp3) is 1.00. The minimum absolute atomic E-state index is 0.232. The summed E-state index contributed by atoms with van der Waals surface area (Å²) in [5, 5.41) is 0. The number of rotatable bonds is 25. The summed E-state index contributed by atoms with van der Waals surface area (Å²) in [6, 6.07) is 0. The summed E-state index contributed by atoms with van der Waals surface area (Å²) in [6.45, 7) is 4.96. The summed E-state index contributed by atoms with van der Waals surface area (Å²) in [6.07, 6.45) is 25.0. The van der Waals surface area contributed by atoms with Gasteiger partial charge in [-0.25, -0.2) is 9.45 Å². The van der Waals surface area contributed by atoms with Crippen LogP contribution in [0, 0.1) is 0 Å². The van der Waals surface area contributed by atoms with Crippen LogP contribution in [-0.4, -0.2) is 18.1 Å². The van der Waals surface area contributed by atoms with Gasteiger partial charge < -0.3 is 4.89 Å². The second-order valence-electron chi connectivity index (χ2n) is 8.56. The first kappa shape index (κ1) is 30.1. The molecule has 6 heteroatoms. The Morgan fingerprint density at radius 3 is 1.30 bits per heavy atom. The van der Waals surface area contributed by atoms with E-state index in [1.807, 2.05) is 0 Å². The molecular formula is C24H51O5P. The SMILES string of the molecule is CCCCCCCCCCCCCCCCCCOOP(=O)(O)OCCCCCC. The Balaban J connectivity index is 3.21. The Labute approximate surface area is 187 Å². The molecule has 0 aliphatic rings. The van der Waals surface area contributed by atoms with E-state index in [1.165, 1.54) is 89.9 Å². The smallest absolute Gasteiger partial charge is 0.301 e. The van der Waals surface area contributed by atoms with Crippen molar-refractivity contribution in [1.82, 2.24) is 0 Å². The van der Waals surface area contributed by atoms with E-state index in [0.717, 1.165) is 38.5 Å². The van der Waals surface area contributed by atoms with Gasteiger partial charge in [0.15, 0.2) is 0 Å². The summed E-state index contributed by atoms with van der Waals surface area (Å²) in [4.78, 5) is 14.3. The van der Waals surface area contributed by atoms with Crippen molar-refractivity contribution in [1.29, 1.82) is 0 Å². The molecule has 1 atom stereocenters. The minimum Gasteiger partial charge on any atom is -0.301 e. The van der Waals surface area contributed by atoms with E-state index >= 15 is 0 Å². The first-order valence-electron chi connectivity index (χ1n) is 12.9. The number of hydrogen-bond acceptors (Lipinski definition) is 4. The molecule has 0 fully saturated rings. The van der Waals surface area contributed by atoms with Gasteiger partial charge in [0.25, 0.3) is 0 Å². The van der Waals surface area contributed by atoms with Gasteiger partial charge in [-0.1, -0.05) is 129 Å². The highest BCUT2D eigenvalue weighted by atomic mass is 31.2. The van der Waals surface area contributed by atoms with Crippen molar-refractivity contribution in [2.75, 3.05) is 13.2 Å². The molecule has 1 N–H and O–H groups in total. The highest BCUT2D eigenvalue weighted by molar-refractivity contribution is 7.47. The Bertz CT molecular complexity index is 379. The topological polar surface area (TPSA) is 65.0 Å². The van der Waals surface area contributed by atoms with Crippen LogP contribution in [0.5, 0.6) is 0 Å². The lowest BCUT2D eigenvalue weighted by atomic mass is 10.0. The number of hydrogen-bond donors (Lipinski definition) is 1. The van der Waals surface area contributed by atoms with Crippen molar-refractivity contribution in [2.45, 2.75) is 142 Å². The van der Waals surface area contributed by atoms with Crippen LogP contribution in [0.4, 0.5) is 0 Å². The zero-order valence-corrected chi connectivity index (χ0v) is 21.0. The fourth-order valence-electron chi connectivity index (χ4n) is 3.54. The maximum Gasteiger partial charge on any atom is 0.499 e. The molecule has 182 valence electrons. The van der Waals surface area contributed by atoms with E-state index in [1.54, 1.807) is 0 Å². The van der Waals surface area contributed by atoms with Crippen LogP contribution in [0.15, 0.2) is 0 Å². The molecule has 0 heterocycles. The Morgan fingerprint density at radius 1 is 0.533 bits per heavy atom. The highest BCUT2D eigenvalue weighted by Gasteiger charge is 2.22. The van der Waals surface area contributed by atoms with E-state index in [-0.39, 0.29) is 6.61 Å². The highest BCUT2D eigenvalue weighted by Crippen LogP contribution is 2.43. The molecule has 0 aromatic heterocycles. The maximum absolute atomic E-state index is 11.6. The molecule has 0 saturated carbocycles. The van der Waals surface area contributed by atoms with Gasteiger partial charge in [-0.15, -0.1) is 4.67 Å². The number of phosphoric acid groups is 1. The first-order chi connectivity index (χ1) is 14.6. The molecular weight excluding hydrogens is 399 g/mol. The van der Waals surface area contributed by atoms with E-state index < -0.39 is 7.82 Å². The molecule has 5 nitrogen and oxygen atoms in total. The van der Waals surface area contributed by atoms with Crippen LogP contribution in [0.2, 0.25) is 0 Å². The predicted octanol–water partition coefficient (Wildman–Crippen LogP) is 8.89. The predicted molar refractivity (Wildman–Crippen MR) is 127 cm³/mol. The van der Waals surface area contributed by atoms with E-state index in [0.29, 0.717) is 6.61 Å². The minimum atomic E-state index is -4.05. The van der Waals surface area contributed by atoms with E-state index in [9.17, 15) is 9.46 Å². The van der Waals surface area contributed by atoms with E-state index in [2.05, 4.69) is 18.5 Å². The second-order valence-corrected chi connectivity index (χ2v) is 9.91. The zero-order valence-electron chi connectivity index (χ0n) is 20.1. The molecule has 0 aliphatic carbocycles. The number of unbranched alkanes of at least 4 members (excludes halogenated alkanes) is 18. The Kier molecular flexibility index (Phi) is 23.8. The fourth-order valence-corrected chi connectivity index (χ4v) is 4.15. The molecule has 0 aromatic rings. The van der Waals surface area contributed by atoms with Crippen LogP contribution in [0.3, 0.4) is 0 Å². The summed E-state index contributed by atoms with van der Waals surface area (Å²) in [7, 11) is -4.05. The lowest BCUT2D eigenvalue weighted by Gasteiger charge is -2.10. The third-order valence-corrected chi connectivity index (χ3v) is 6.28. The molecule has 0 spiro atoms. The molecule has 0 radical (unpaired) electrons. The summed E-state index contributed by atoms with van der Waals surface area (Å²) in [5.74, 6) is 0. The Hall–Kier alpha value is 0.0700. The largest absolute Gasteiger partial charge is 0.499 e. The summed E-state index contributed by atoms with van der Waals surface area (Å²) < 4.78 is 21.0.